The first kappa shape index (κ1) is 15.6. The van der Waals surface area contributed by atoms with Crippen molar-refractivity contribution in [3.63, 3.8) is 0 Å². The van der Waals surface area contributed by atoms with Crippen molar-refractivity contribution in [2.24, 2.45) is 10.7 Å². The minimum Gasteiger partial charge on any atom is -0.494 e. The largest absolute Gasteiger partial charge is 0.494 e. The summed E-state index contributed by atoms with van der Waals surface area (Å²) < 4.78 is 5.71. The van der Waals surface area contributed by atoms with Crippen molar-refractivity contribution >= 4 is 28.9 Å². The summed E-state index contributed by atoms with van der Waals surface area (Å²) in [6, 6.07) is 4.11. The van der Waals surface area contributed by atoms with Gasteiger partial charge in [0.15, 0.2) is 5.17 Å². The number of hydrogen-bond donors (Lipinski definition) is 1. The molecule has 0 bridgehead atoms. The first-order chi connectivity index (χ1) is 9.92. The zero-order valence-electron chi connectivity index (χ0n) is 12.8. The van der Waals surface area contributed by atoms with E-state index in [0.29, 0.717) is 22.6 Å². The van der Waals surface area contributed by atoms with Gasteiger partial charge >= 0.3 is 0 Å². The van der Waals surface area contributed by atoms with E-state index in [1.54, 1.807) is 0 Å². The summed E-state index contributed by atoms with van der Waals surface area (Å²) in [6.45, 7) is 8.87. The predicted molar refractivity (Wildman–Crippen MR) is 88.6 cm³/mol. The molecule has 21 heavy (non-hydrogen) atoms. The molecule has 0 saturated heterocycles. The Morgan fingerprint density at radius 2 is 2.14 bits per heavy atom. The fraction of sp³-hybridized carbons (Fsp3) is 0.375. The van der Waals surface area contributed by atoms with Crippen molar-refractivity contribution in [3.05, 3.63) is 33.7 Å². The Morgan fingerprint density at radius 3 is 2.67 bits per heavy atom. The minimum absolute atomic E-state index is 0.267. The number of ether oxygens (including phenoxy) is 1. The summed E-state index contributed by atoms with van der Waals surface area (Å²) in [6.07, 6.45) is 1.85. The molecule has 112 valence electrons. The van der Waals surface area contributed by atoms with E-state index in [9.17, 15) is 4.79 Å². The Labute approximate surface area is 129 Å². The molecule has 0 fully saturated rings. The first-order valence-electron chi connectivity index (χ1n) is 6.97. The molecule has 1 aliphatic heterocycles. The second-order valence-electron chi connectivity index (χ2n) is 5.20. The van der Waals surface area contributed by atoms with E-state index in [-0.39, 0.29) is 5.91 Å². The van der Waals surface area contributed by atoms with Crippen LogP contribution >= 0.6 is 11.8 Å². The topological polar surface area (TPSA) is 64.7 Å². The molecule has 1 amide bonds. The van der Waals surface area contributed by atoms with Crippen molar-refractivity contribution in [2.45, 2.75) is 33.6 Å². The average Bonchev–Trinajstić information content (AvgIpc) is 2.71. The van der Waals surface area contributed by atoms with Gasteiger partial charge in [-0.2, -0.15) is 4.99 Å². The molecule has 5 heteroatoms. The molecule has 0 atom stereocenters. The number of carbonyl (C=O) groups excluding carboxylic acids is 1. The van der Waals surface area contributed by atoms with Crippen molar-refractivity contribution in [3.8, 4) is 5.75 Å². The molecule has 0 radical (unpaired) electrons. The molecule has 0 aliphatic carbocycles. The molecule has 1 aromatic carbocycles. The molecule has 4 nitrogen and oxygen atoms in total. The second kappa shape index (κ2) is 6.35. The normalized spacial score (nSPS) is 16.7. The van der Waals surface area contributed by atoms with Crippen LogP contribution in [0.1, 0.15) is 43.4 Å². The number of rotatable bonds is 4. The van der Waals surface area contributed by atoms with Gasteiger partial charge in [0.25, 0.3) is 5.91 Å². The van der Waals surface area contributed by atoms with E-state index in [1.165, 1.54) is 11.8 Å². The number of benzene rings is 1. The van der Waals surface area contributed by atoms with Crippen molar-refractivity contribution < 1.29 is 9.53 Å². The van der Waals surface area contributed by atoms with Gasteiger partial charge in [-0.15, -0.1) is 0 Å². The lowest BCUT2D eigenvalue weighted by Gasteiger charge is -2.16. The Balaban J connectivity index is 2.43. The number of hydrogen-bond acceptors (Lipinski definition) is 4. The Bertz CT molecular complexity index is 633. The number of aliphatic imine (C=N–C) groups is 1. The van der Waals surface area contributed by atoms with Crippen LogP contribution in [0.25, 0.3) is 6.08 Å². The minimum atomic E-state index is -0.267. The molecule has 0 spiro atoms. The first-order valence-corrected chi connectivity index (χ1v) is 7.79. The Kier molecular flexibility index (Phi) is 4.73. The maximum absolute atomic E-state index is 11.7. The molecular formula is C16H20N2O2S. The lowest BCUT2D eigenvalue weighted by atomic mass is 9.96. The number of thioether (sulfide) groups is 1. The van der Waals surface area contributed by atoms with Gasteiger partial charge in [0.1, 0.15) is 5.75 Å². The van der Waals surface area contributed by atoms with Gasteiger partial charge in [0.05, 0.1) is 11.5 Å². The predicted octanol–water partition coefficient (Wildman–Crippen LogP) is 3.45. The molecule has 1 aromatic rings. The number of nitrogens with zero attached hydrogens (tertiary/aromatic N) is 1. The summed E-state index contributed by atoms with van der Waals surface area (Å²) in [7, 11) is 0. The van der Waals surface area contributed by atoms with E-state index in [4.69, 9.17) is 10.5 Å². The SMILES string of the molecule is CCOc1cc(C)c(C=C2SC(N)=NC2=O)cc1C(C)C. The highest BCUT2D eigenvalue weighted by Crippen LogP contribution is 2.33. The molecular weight excluding hydrogens is 284 g/mol. The smallest absolute Gasteiger partial charge is 0.286 e. The van der Waals surface area contributed by atoms with Gasteiger partial charge in [-0.3, -0.25) is 4.79 Å². The molecule has 0 unspecified atom stereocenters. The highest BCUT2D eigenvalue weighted by atomic mass is 32.2. The van der Waals surface area contributed by atoms with Crippen LogP contribution < -0.4 is 10.5 Å². The van der Waals surface area contributed by atoms with Gasteiger partial charge in [-0.1, -0.05) is 13.8 Å². The summed E-state index contributed by atoms with van der Waals surface area (Å²) in [5, 5.41) is 0.305. The average molecular weight is 304 g/mol. The molecule has 2 N–H and O–H groups in total. The number of amidine groups is 1. The maximum atomic E-state index is 11.7. The monoisotopic (exact) mass is 304 g/mol. The quantitative estimate of drug-likeness (QED) is 0.865. The fourth-order valence-electron chi connectivity index (χ4n) is 2.17. The highest BCUT2D eigenvalue weighted by Gasteiger charge is 2.20. The van der Waals surface area contributed by atoms with Crippen LogP contribution in [-0.4, -0.2) is 17.7 Å². The molecule has 0 aromatic heterocycles. The summed E-state index contributed by atoms with van der Waals surface area (Å²) >= 11 is 1.21. The van der Waals surface area contributed by atoms with E-state index < -0.39 is 0 Å². The Hall–Kier alpha value is -1.75. The zero-order chi connectivity index (χ0) is 15.6. The van der Waals surface area contributed by atoms with Gasteiger partial charge in [0.2, 0.25) is 0 Å². The van der Waals surface area contributed by atoms with Crippen LogP contribution in [0, 0.1) is 6.92 Å². The van der Waals surface area contributed by atoms with Crippen LogP contribution in [0.4, 0.5) is 0 Å². The van der Waals surface area contributed by atoms with E-state index in [1.807, 2.05) is 26.0 Å². The molecule has 1 heterocycles. The van der Waals surface area contributed by atoms with Gasteiger partial charge in [-0.05, 0) is 66.4 Å². The van der Waals surface area contributed by atoms with E-state index >= 15 is 0 Å². The highest BCUT2D eigenvalue weighted by molar-refractivity contribution is 8.18. The fourth-order valence-corrected chi connectivity index (χ4v) is 2.84. The Morgan fingerprint density at radius 1 is 1.43 bits per heavy atom. The van der Waals surface area contributed by atoms with Crippen LogP contribution in [0.2, 0.25) is 0 Å². The van der Waals surface area contributed by atoms with E-state index in [2.05, 4.69) is 24.9 Å². The van der Waals surface area contributed by atoms with Crippen molar-refractivity contribution in [1.82, 2.24) is 0 Å². The molecule has 0 saturated carbocycles. The number of nitrogens with two attached hydrogens (primary N) is 1. The summed E-state index contributed by atoms with van der Waals surface area (Å²) in [5.74, 6) is 0.989. The lowest BCUT2D eigenvalue weighted by molar-refractivity contribution is -0.113. The van der Waals surface area contributed by atoms with Crippen LogP contribution in [-0.2, 0) is 4.79 Å². The van der Waals surface area contributed by atoms with Crippen LogP contribution in [0.15, 0.2) is 22.0 Å². The van der Waals surface area contributed by atoms with E-state index in [0.717, 1.165) is 22.4 Å². The third-order valence-electron chi connectivity index (χ3n) is 3.24. The van der Waals surface area contributed by atoms with Gasteiger partial charge < -0.3 is 10.5 Å². The third-order valence-corrected chi connectivity index (χ3v) is 4.06. The number of aryl methyl sites for hydroxylation is 1. The second-order valence-corrected chi connectivity index (χ2v) is 6.26. The van der Waals surface area contributed by atoms with Crippen molar-refractivity contribution in [2.75, 3.05) is 6.61 Å². The van der Waals surface area contributed by atoms with Gasteiger partial charge in [-0.25, -0.2) is 0 Å². The summed E-state index contributed by atoms with van der Waals surface area (Å²) in [5.41, 5.74) is 8.78. The summed E-state index contributed by atoms with van der Waals surface area (Å²) in [4.78, 5) is 16.0. The molecule has 2 rings (SSSR count). The molecule has 1 aliphatic rings. The zero-order valence-corrected chi connectivity index (χ0v) is 13.6. The van der Waals surface area contributed by atoms with Crippen LogP contribution in [0.3, 0.4) is 0 Å². The van der Waals surface area contributed by atoms with Crippen LogP contribution in [0.5, 0.6) is 5.75 Å². The third kappa shape index (κ3) is 3.47. The lowest BCUT2D eigenvalue weighted by Crippen LogP contribution is -2.01. The van der Waals surface area contributed by atoms with Crippen molar-refractivity contribution in [1.29, 1.82) is 0 Å². The number of carbonyl (C=O) groups is 1. The number of amides is 1. The maximum Gasteiger partial charge on any atom is 0.286 e. The van der Waals surface area contributed by atoms with Gasteiger partial charge in [0, 0.05) is 0 Å². The standard InChI is InChI=1S/C16H20N2O2S/c1-5-20-13-6-10(4)11(7-12(13)9(2)3)8-14-15(19)18-16(17)21-14/h6-9H,5H2,1-4H3,(H2,17,18,19).